The van der Waals surface area contributed by atoms with Crippen LogP contribution in [0.4, 0.5) is 5.82 Å². The molecule has 5 heteroatoms. The summed E-state index contributed by atoms with van der Waals surface area (Å²) in [5.41, 5.74) is 6.24. The molecule has 1 fully saturated rings. The van der Waals surface area contributed by atoms with Crippen LogP contribution in [-0.4, -0.2) is 23.3 Å². The summed E-state index contributed by atoms with van der Waals surface area (Å²) >= 11 is 0. The molecule has 1 aromatic rings. The minimum absolute atomic E-state index is 0.0813. The number of anilines is 1. The number of nitrogens with two attached hydrogens (primary N) is 1. The Morgan fingerprint density at radius 2 is 2.41 bits per heavy atom. The molecule has 0 bridgehead atoms. The maximum absolute atomic E-state index is 11.8. The topological polar surface area (TPSA) is 76.3 Å². The first-order chi connectivity index (χ1) is 8.13. The number of pyridine rings is 1. The molecular formula is C12H15N3O2. The zero-order valence-corrected chi connectivity index (χ0v) is 9.72. The highest BCUT2D eigenvalue weighted by Crippen LogP contribution is 2.26. The van der Waals surface area contributed by atoms with E-state index in [2.05, 4.69) is 4.98 Å². The molecule has 5 nitrogen and oxygen atoms in total. The summed E-state index contributed by atoms with van der Waals surface area (Å²) in [5.74, 6) is -0.241. The van der Waals surface area contributed by atoms with Crippen molar-refractivity contribution in [3.05, 3.63) is 23.9 Å². The average molecular weight is 233 g/mol. The maximum atomic E-state index is 11.8. The van der Waals surface area contributed by atoms with Gasteiger partial charge in [-0.2, -0.15) is 0 Å². The van der Waals surface area contributed by atoms with E-state index in [9.17, 15) is 9.59 Å². The molecule has 1 aliphatic rings. The average Bonchev–Trinajstić information content (AvgIpc) is 2.71. The normalized spacial score (nSPS) is 19.7. The lowest BCUT2D eigenvalue weighted by Gasteiger charge is -2.17. The number of nitrogens with zero attached hydrogens (tertiary/aromatic N) is 2. The largest absolute Gasteiger partial charge is 0.369 e. The van der Waals surface area contributed by atoms with Gasteiger partial charge in [-0.05, 0) is 18.1 Å². The van der Waals surface area contributed by atoms with Gasteiger partial charge in [0.2, 0.25) is 11.8 Å². The van der Waals surface area contributed by atoms with E-state index in [4.69, 9.17) is 5.73 Å². The second-order valence-electron chi connectivity index (χ2n) is 4.15. The third kappa shape index (κ3) is 2.13. The molecule has 0 spiro atoms. The van der Waals surface area contributed by atoms with Crippen LogP contribution in [0.5, 0.6) is 0 Å². The Bertz CT molecular complexity index is 459. The van der Waals surface area contributed by atoms with Crippen molar-refractivity contribution in [1.82, 2.24) is 4.98 Å². The molecule has 1 atom stereocenters. The predicted octanol–water partition coefficient (Wildman–Crippen LogP) is 0.482. The Hall–Kier alpha value is -1.91. The van der Waals surface area contributed by atoms with Crippen molar-refractivity contribution < 1.29 is 9.59 Å². The lowest BCUT2D eigenvalue weighted by Crippen LogP contribution is -2.29. The van der Waals surface area contributed by atoms with Crippen molar-refractivity contribution in [1.29, 1.82) is 0 Å². The highest BCUT2D eigenvalue weighted by molar-refractivity contribution is 5.99. The fourth-order valence-corrected chi connectivity index (χ4v) is 2.05. The molecule has 2 rings (SSSR count). The molecular weight excluding hydrogens is 218 g/mol. The molecule has 0 aromatic carbocycles. The first-order valence-electron chi connectivity index (χ1n) is 5.67. The zero-order valence-electron chi connectivity index (χ0n) is 9.72. The summed E-state index contributed by atoms with van der Waals surface area (Å²) in [6, 6.07) is 3.78. The molecule has 90 valence electrons. The molecule has 2 heterocycles. The van der Waals surface area contributed by atoms with E-state index in [0.717, 1.165) is 12.0 Å². The molecule has 1 unspecified atom stereocenters. The molecule has 17 heavy (non-hydrogen) atoms. The second-order valence-corrected chi connectivity index (χ2v) is 4.15. The van der Waals surface area contributed by atoms with E-state index < -0.39 is 11.8 Å². The Balaban J connectivity index is 2.29. The summed E-state index contributed by atoms with van der Waals surface area (Å²) in [6.45, 7) is 2.35. The molecule has 2 N–H and O–H groups in total. The number of rotatable bonds is 3. The Kier molecular flexibility index (Phi) is 3.08. The van der Waals surface area contributed by atoms with Gasteiger partial charge in [-0.3, -0.25) is 14.5 Å². The predicted molar refractivity (Wildman–Crippen MR) is 63.3 cm³/mol. The number of amides is 2. The summed E-state index contributed by atoms with van der Waals surface area (Å²) in [6.07, 6.45) is 2.64. The number of hydrogen-bond acceptors (Lipinski definition) is 3. The molecule has 1 aliphatic heterocycles. The Morgan fingerprint density at radius 3 is 3.00 bits per heavy atom. The number of aromatic nitrogens is 1. The third-order valence-electron chi connectivity index (χ3n) is 3.03. The van der Waals surface area contributed by atoms with Crippen LogP contribution in [0.1, 0.15) is 18.9 Å². The van der Waals surface area contributed by atoms with Gasteiger partial charge in [0.1, 0.15) is 5.82 Å². The SMILES string of the molecule is CCc1cccnc1N1CC(C(N)=O)CC1=O. The molecule has 1 saturated heterocycles. The van der Waals surface area contributed by atoms with Gasteiger partial charge in [-0.15, -0.1) is 0 Å². The summed E-state index contributed by atoms with van der Waals surface area (Å²) in [5, 5.41) is 0. The minimum Gasteiger partial charge on any atom is -0.369 e. The van der Waals surface area contributed by atoms with Gasteiger partial charge < -0.3 is 5.73 Å². The highest BCUT2D eigenvalue weighted by Gasteiger charge is 2.35. The molecule has 1 aromatic heterocycles. The summed E-state index contributed by atoms with van der Waals surface area (Å²) in [7, 11) is 0. The fourth-order valence-electron chi connectivity index (χ4n) is 2.05. The van der Waals surface area contributed by atoms with Crippen LogP contribution < -0.4 is 10.6 Å². The Morgan fingerprint density at radius 1 is 1.65 bits per heavy atom. The van der Waals surface area contributed by atoms with E-state index in [-0.39, 0.29) is 12.3 Å². The van der Waals surface area contributed by atoms with Crippen LogP contribution in [0.15, 0.2) is 18.3 Å². The number of carbonyl (C=O) groups excluding carboxylic acids is 2. The zero-order chi connectivity index (χ0) is 12.4. The van der Waals surface area contributed by atoms with Crippen LogP contribution >= 0.6 is 0 Å². The maximum Gasteiger partial charge on any atom is 0.229 e. The molecule has 0 radical (unpaired) electrons. The van der Waals surface area contributed by atoms with E-state index >= 15 is 0 Å². The minimum atomic E-state index is -0.421. The van der Waals surface area contributed by atoms with E-state index in [1.807, 2.05) is 19.1 Å². The van der Waals surface area contributed by atoms with Crippen LogP contribution in [0, 0.1) is 5.92 Å². The van der Waals surface area contributed by atoms with Crippen LogP contribution in [0.3, 0.4) is 0 Å². The van der Waals surface area contributed by atoms with E-state index in [1.165, 1.54) is 0 Å². The van der Waals surface area contributed by atoms with Crippen LogP contribution in [0.25, 0.3) is 0 Å². The van der Waals surface area contributed by atoms with Gasteiger partial charge in [-0.1, -0.05) is 13.0 Å². The van der Waals surface area contributed by atoms with Gasteiger partial charge in [0.15, 0.2) is 0 Å². The molecule has 0 saturated carbocycles. The van der Waals surface area contributed by atoms with Crippen molar-refractivity contribution in [3.63, 3.8) is 0 Å². The van der Waals surface area contributed by atoms with Crippen LogP contribution in [0.2, 0.25) is 0 Å². The number of carbonyl (C=O) groups is 2. The number of aryl methyl sites for hydroxylation is 1. The molecule has 0 aliphatic carbocycles. The van der Waals surface area contributed by atoms with Crippen molar-refractivity contribution in [2.75, 3.05) is 11.4 Å². The summed E-state index contributed by atoms with van der Waals surface area (Å²) in [4.78, 5) is 28.7. The number of hydrogen-bond donors (Lipinski definition) is 1. The van der Waals surface area contributed by atoms with Crippen molar-refractivity contribution in [3.8, 4) is 0 Å². The van der Waals surface area contributed by atoms with E-state index in [1.54, 1.807) is 11.1 Å². The van der Waals surface area contributed by atoms with Crippen molar-refractivity contribution in [2.24, 2.45) is 11.7 Å². The van der Waals surface area contributed by atoms with Gasteiger partial charge in [-0.25, -0.2) is 4.98 Å². The fraction of sp³-hybridized carbons (Fsp3) is 0.417. The highest BCUT2D eigenvalue weighted by atomic mass is 16.2. The monoisotopic (exact) mass is 233 g/mol. The first kappa shape index (κ1) is 11.6. The standard InChI is InChI=1S/C12H15N3O2/c1-2-8-4-3-5-14-12(8)15-7-9(11(13)17)6-10(15)16/h3-5,9H,2,6-7H2,1H3,(H2,13,17). The Labute approximate surface area is 99.6 Å². The van der Waals surface area contributed by atoms with Crippen molar-refractivity contribution in [2.45, 2.75) is 19.8 Å². The summed E-state index contributed by atoms with van der Waals surface area (Å²) < 4.78 is 0. The quantitative estimate of drug-likeness (QED) is 0.825. The lowest BCUT2D eigenvalue weighted by atomic mass is 10.1. The van der Waals surface area contributed by atoms with Gasteiger partial charge >= 0.3 is 0 Å². The van der Waals surface area contributed by atoms with Gasteiger partial charge in [0.25, 0.3) is 0 Å². The smallest absolute Gasteiger partial charge is 0.229 e. The lowest BCUT2D eigenvalue weighted by molar-refractivity contribution is -0.123. The van der Waals surface area contributed by atoms with Crippen LogP contribution in [-0.2, 0) is 16.0 Å². The van der Waals surface area contributed by atoms with Crippen molar-refractivity contribution >= 4 is 17.6 Å². The van der Waals surface area contributed by atoms with Gasteiger partial charge in [0.05, 0.1) is 5.92 Å². The molecule has 2 amide bonds. The first-order valence-corrected chi connectivity index (χ1v) is 5.67. The second kappa shape index (κ2) is 4.53. The van der Waals surface area contributed by atoms with Gasteiger partial charge in [0, 0.05) is 19.2 Å². The third-order valence-corrected chi connectivity index (χ3v) is 3.03. The number of primary amides is 1. The van der Waals surface area contributed by atoms with E-state index in [0.29, 0.717) is 12.4 Å².